The van der Waals surface area contributed by atoms with Gasteiger partial charge in [0, 0.05) is 0 Å². The van der Waals surface area contributed by atoms with Crippen LogP contribution in [0.15, 0.2) is 0 Å². The summed E-state index contributed by atoms with van der Waals surface area (Å²) in [6.45, 7) is 3.71. The van der Waals surface area contributed by atoms with Crippen LogP contribution in [0.3, 0.4) is 0 Å². The van der Waals surface area contributed by atoms with Crippen molar-refractivity contribution in [2.75, 3.05) is 6.26 Å². The number of thioether (sulfide) groups is 1. The number of fused-ring (bicyclic) bond motifs is 1. The van der Waals surface area contributed by atoms with Gasteiger partial charge in [0.05, 0.1) is 11.4 Å². The molecule has 0 amide bonds. The van der Waals surface area contributed by atoms with E-state index in [0.717, 1.165) is 6.42 Å². The fourth-order valence-electron chi connectivity index (χ4n) is 1.97. The Morgan fingerprint density at radius 3 is 2.69 bits per heavy atom. The highest BCUT2D eigenvalue weighted by Gasteiger charge is 2.52. The Balaban J connectivity index is 2.11. The van der Waals surface area contributed by atoms with Gasteiger partial charge in [-0.1, -0.05) is 0 Å². The molecular formula is C9H14O3S. The van der Waals surface area contributed by atoms with Gasteiger partial charge in [0.15, 0.2) is 11.6 Å². The number of carbonyl (C=O) groups excluding carboxylic acids is 1. The van der Waals surface area contributed by atoms with Crippen molar-refractivity contribution < 1.29 is 14.3 Å². The second-order valence-electron chi connectivity index (χ2n) is 3.96. The first-order chi connectivity index (χ1) is 6.03. The maximum absolute atomic E-state index is 11.7. The van der Waals surface area contributed by atoms with Crippen LogP contribution in [-0.2, 0) is 14.3 Å². The van der Waals surface area contributed by atoms with E-state index in [2.05, 4.69) is 0 Å². The van der Waals surface area contributed by atoms with Crippen LogP contribution >= 0.6 is 11.8 Å². The molecule has 0 aromatic carbocycles. The lowest BCUT2D eigenvalue weighted by Gasteiger charge is -2.19. The third-order valence-electron chi connectivity index (χ3n) is 2.51. The highest BCUT2D eigenvalue weighted by molar-refractivity contribution is 7.99. The van der Waals surface area contributed by atoms with Crippen molar-refractivity contribution in [3.63, 3.8) is 0 Å². The smallest absolute Gasteiger partial charge is 0.177 e. The molecule has 0 spiro atoms. The van der Waals surface area contributed by atoms with Crippen LogP contribution in [0.5, 0.6) is 0 Å². The highest BCUT2D eigenvalue weighted by atomic mass is 32.2. The summed E-state index contributed by atoms with van der Waals surface area (Å²) in [6.07, 6.45) is 2.43. The number of ketones is 1. The van der Waals surface area contributed by atoms with Crippen LogP contribution in [0.25, 0.3) is 0 Å². The maximum Gasteiger partial charge on any atom is 0.177 e. The van der Waals surface area contributed by atoms with Crippen molar-refractivity contribution in [1.82, 2.24) is 0 Å². The van der Waals surface area contributed by atoms with Crippen molar-refractivity contribution in [2.45, 2.75) is 43.5 Å². The summed E-state index contributed by atoms with van der Waals surface area (Å²) < 4.78 is 11.2. The molecular weight excluding hydrogens is 188 g/mol. The van der Waals surface area contributed by atoms with Gasteiger partial charge in [0.25, 0.3) is 0 Å². The number of ether oxygens (including phenoxy) is 2. The van der Waals surface area contributed by atoms with Gasteiger partial charge in [-0.25, -0.2) is 0 Å². The van der Waals surface area contributed by atoms with Crippen LogP contribution < -0.4 is 0 Å². The first-order valence-electron chi connectivity index (χ1n) is 4.45. The van der Waals surface area contributed by atoms with E-state index in [1.807, 2.05) is 20.1 Å². The van der Waals surface area contributed by atoms with Crippen LogP contribution in [0.1, 0.15) is 20.3 Å². The van der Waals surface area contributed by atoms with E-state index in [4.69, 9.17) is 9.47 Å². The van der Waals surface area contributed by atoms with E-state index in [1.165, 1.54) is 0 Å². The van der Waals surface area contributed by atoms with Gasteiger partial charge in [-0.3, -0.25) is 4.79 Å². The molecule has 4 heteroatoms. The van der Waals surface area contributed by atoms with E-state index in [-0.39, 0.29) is 23.2 Å². The van der Waals surface area contributed by atoms with E-state index < -0.39 is 5.79 Å². The molecule has 2 fully saturated rings. The summed E-state index contributed by atoms with van der Waals surface area (Å²) in [7, 11) is 0. The average Bonchev–Trinajstić information content (AvgIpc) is 2.47. The second kappa shape index (κ2) is 2.97. The van der Waals surface area contributed by atoms with Crippen molar-refractivity contribution in [3.05, 3.63) is 0 Å². The Labute approximate surface area is 82.2 Å². The molecule has 3 nitrogen and oxygen atoms in total. The fourth-order valence-corrected chi connectivity index (χ4v) is 2.72. The zero-order valence-corrected chi connectivity index (χ0v) is 8.89. The molecule has 1 saturated heterocycles. The lowest BCUT2D eigenvalue weighted by Crippen LogP contribution is -2.28. The lowest BCUT2D eigenvalue weighted by atomic mass is 10.3. The number of carbonyl (C=O) groups is 1. The molecule has 0 radical (unpaired) electrons. The van der Waals surface area contributed by atoms with Gasteiger partial charge >= 0.3 is 0 Å². The average molecular weight is 202 g/mol. The Kier molecular flexibility index (Phi) is 2.17. The summed E-state index contributed by atoms with van der Waals surface area (Å²) in [5.41, 5.74) is 0. The zero-order valence-electron chi connectivity index (χ0n) is 8.07. The summed E-state index contributed by atoms with van der Waals surface area (Å²) in [5, 5.41) is 0.0751. The minimum absolute atomic E-state index is 0.0139. The molecule has 0 bridgehead atoms. The fraction of sp³-hybridized carbons (Fsp3) is 0.889. The molecule has 2 rings (SSSR count). The van der Waals surface area contributed by atoms with Crippen LogP contribution in [-0.4, -0.2) is 35.3 Å². The Hall–Kier alpha value is -0.0600. The predicted octanol–water partition coefficient (Wildman–Crippen LogP) is 1.21. The van der Waals surface area contributed by atoms with E-state index in [0.29, 0.717) is 0 Å². The van der Waals surface area contributed by atoms with Gasteiger partial charge < -0.3 is 9.47 Å². The molecule has 2 aliphatic rings. The highest BCUT2D eigenvalue weighted by Crippen LogP contribution is 2.39. The molecule has 1 aliphatic carbocycles. The first-order valence-corrected chi connectivity index (χ1v) is 5.74. The molecule has 0 aromatic heterocycles. The van der Waals surface area contributed by atoms with Gasteiger partial charge in [-0.15, -0.1) is 0 Å². The Morgan fingerprint density at radius 2 is 2.15 bits per heavy atom. The normalized spacial score (nSPS) is 42.4. The van der Waals surface area contributed by atoms with Gasteiger partial charge in [0.2, 0.25) is 0 Å². The minimum Gasteiger partial charge on any atom is -0.344 e. The minimum atomic E-state index is -0.575. The maximum atomic E-state index is 11.7. The lowest BCUT2D eigenvalue weighted by molar-refractivity contribution is -0.158. The van der Waals surface area contributed by atoms with Gasteiger partial charge in [0.1, 0.15) is 6.10 Å². The zero-order chi connectivity index (χ0) is 9.64. The standard InChI is InChI=1S/C9H14O3S/c1-9(2)11-5-4-6(13-3)7(10)8(5)12-9/h5-6,8H,4H2,1-3H3/t5-,6-,8-/m0/s1. The van der Waals surface area contributed by atoms with Crippen molar-refractivity contribution >= 4 is 17.5 Å². The molecule has 0 unspecified atom stereocenters. The summed E-state index contributed by atoms with van der Waals surface area (Å²) in [6, 6.07) is 0. The number of rotatable bonds is 1. The van der Waals surface area contributed by atoms with Crippen molar-refractivity contribution in [2.24, 2.45) is 0 Å². The largest absolute Gasteiger partial charge is 0.344 e. The van der Waals surface area contributed by atoms with Crippen LogP contribution in [0.4, 0.5) is 0 Å². The third kappa shape index (κ3) is 1.51. The second-order valence-corrected chi connectivity index (χ2v) is 5.00. The van der Waals surface area contributed by atoms with Gasteiger partial charge in [-0.2, -0.15) is 11.8 Å². The molecule has 3 atom stereocenters. The number of hydrogen-bond acceptors (Lipinski definition) is 4. The third-order valence-corrected chi connectivity index (χ3v) is 3.51. The number of hydrogen-bond donors (Lipinski definition) is 0. The molecule has 0 N–H and O–H groups in total. The van der Waals surface area contributed by atoms with Crippen LogP contribution in [0.2, 0.25) is 0 Å². The SMILES string of the molecule is CS[C@H]1C[C@@H]2OC(C)(C)O[C@@H]2C1=O. The molecule has 74 valence electrons. The molecule has 13 heavy (non-hydrogen) atoms. The molecule has 1 saturated carbocycles. The Morgan fingerprint density at radius 1 is 1.46 bits per heavy atom. The summed E-state index contributed by atoms with van der Waals surface area (Å²) >= 11 is 1.59. The monoisotopic (exact) mass is 202 g/mol. The molecule has 1 heterocycles. The van der Waals surface area contributed by atoms with E-state index in [9.17, 15) is 4.79 Å². The summed E-state index contributed by atoms with van der Waals surface area (Å²) in [5.74, 6) is -0.378. The quantitative estimate of drug-likeness (QED) is 0.640. The number of Topliss-reactive ketones (excluding diaryl/α,β-unsaturated/α-hetero) is 1. The van der Waals surface area contributed by atoms with E-state index in [1.54, 1.807) is 11.8 Å². The van der Waals surface area contributed by atoms with Crippen molar-refractivity contribution in [1.29, 1.82) is 0 Å². The van der Waals surface area contributed by atoms with Crippen molar-refractivity contribution in [3.8, 4) is 0 Å². The molecule has 0 aromatic rings. The molecule has 1 aliphatic heterocycles. The van der Waals surface area contributed by atoms with Crippen LogP contribution in [0, 0.1) is 0 Å². The summed E-state index contributed by atoms with van der Waals surface area (Å²) in [4.78, 5) is 11.7. The topological polar surface area (TPSA) is 35.5 Å². The predicted molar refractivity (Wildman–Crippen MR) is 50.8 cm³/mol. The van der Waals surface area contributed by atoms with E-state index >= 15 is 0 Å². The Bertz CT molecular complexity index is 239. The van der Waals surface area contributed by atoms with Gasteiger partial charge in [-0.05, 0) is 26.5 Å². The first kappa shape index (κ1) is 9.49.